The Morgan fingerprint density at radius 1 is 1.77 bits per heavy atom. The molecule has 2 heterocycles. The first-order valence-corrected chi connectivity index (χ1v) is 4.15. The van der Waals surface area contributed by atoms with E-state index in [0.29, 0.717) is 13.1 Å². The monoisotopic (exact) mass is 181 g/mol. The number of ether oxygens (including phenoxy) is 1. The molecule has 1 amide bonds. The van der Waals surface area contributed by atoms with Gasteiger partial charge in [-0.2, -0.15) is 5.10 Å². The van der Waals surface area contributed by atoms with Gasteiger partial charge in [0.25, 0.3) is 0 Å². The van der Waals surface area contributed by atoms with Crippen LogP contribution in [-0.2, 0) is 17.7 Å². The number of rotatable bonds is 0. The Bertz CT molecular complexity index is 321. The fourth-order valence-corrected chi connectivity index (χ4v) is 1.51. The third kappa shape index (κ3) is 1.37. The number of hydrogen-bond donors (Lipinski definition) is 1. The van der Waals surface area contributed by atoms with Crippen LogP contribution >= 0.6 is 0 Å². The van der Waals surface area contributed by atoms with Crippen LogP contribution in [0.2, 0.25) is 0 Å². The predicted molar refractivity (Wildman–Crippen MR) is 45.1 cm³/mol. The van der Waals surface area contributed by atoms with Crippen LogP contribution in [0.1, 0.15) is 11.3 Å². The van der Waals surface area contributed by atoms with E-state index >= 15 is 0 Å². The molecule has 1 aromatic rings. The van der Waals surface area contributed by atoms with E-state index in [-0.39, 0.29) is 6.09 Å². The van der Waals surface area contributed by atoms with Crippen molar-refractivity contribution in [3.63, 3.8) is 0 Å². The van der Waals surface area contributed by atoms with Gasteiger partial charge < -0.3 is 9.64 Å². The van der Waals surface area contributed by atoms with Crippen LogP contribution in [0, 0.1) is 0 Å². The highest BCUT2D eigenvalue weighted by Gasteiger charge is 2.21. The minimum Gasteiger partial charge on any atom is -0.453 e. The number of hydrogen-bond acceptors (Lipinski definition) is 3. The summed E-state index contributed by atoms with van der Waals surface area (Å²) in [6.07, 6.45) is 2.31. The minimum absolute atomic E-state index is 0.271. The lowest BCUT2D eigenvalue weighted by Gasteiger charge is -2.24. The highest BCUT2D eigenvalue weighted by atomic mass is 16.5. The average Bonchev–Trinajstić information content (AvgIpc) is 2.63. The normalized spacial score (nSPS) is 15.3. The smallest absolute Gasteiger partial charge is 0.409 e. The molecule has 0 bridgehead atoms. The van der Waals surface area contributed by atoms with Gasteiger partial charge in [-0.3, -0.25) is 5.10 Å². The number of aromatic amines is 1. The maximum absolute atomic E-state index is 11.2. The number of carbonyl (C=O) groups is 1. The van der Waals surface area contributed by atoms with Crippen LogP contribution in [0.5, 0.6) is 0 Å². The number of carbonyl (C=O) groups excluding carboxylic acids is 1. The number of amides is 1. The predicted octanol–water partition coefficient (Wildman–Crippen LogP) is 0.534. The van der Waals surface area contributed by atoms with E-state index in [2.05, 4.69) is 14.9 Å². The largest absolute Gasteiger partial charge is 0.453 e. The number of methoxy groups -OCH3 is 1. The molecule has 5 nitrogen and oxygen atoms in total. The maximum atomic E-state index is 11.2. The summed E-state index contributed by atoms with van der Waals surface area (Å²) in [5, 5.41) is 6.83. The van der Waals surface area contributed by atoms with Gasteiger partial charge in [-0.1, -0.05) is 0 Å². The fourth-order valence-electron chi connectivity index (χ4n) is 1.51. The number of nitrogens with one attached hydrogen (secondary N) is 1. The summed E-state index contributed by atoms with van der Waals surface area (Å²) in [4.78, 5) is 12.8. The molecule has 0 radical (unpaired) electrons. The van der Waals surface area contributed by atoms with Gasteiger partial charge in [-0.25, -0.2) is 4.79 Å². The Labute approximate surface area is 75.7 Å². The molecule has 13 heavy (non-hydrogen) atoms. The van der Waals surface area contributed by atoms with E-state index in [0.717, 1.165) is 17.7 Å². The maximum Gasteiger partial charge on any atom is 0.409 e. The Kier molecular flexibility index (Phi) is 1.92. The summed E-state index contributed by atoms with van der Waals surface area (Å²) in [6, 6.07) is 0. The van der Waals surface area contributed by atoms with Crippen molar-refractivity contribution in [2.24, 2.45) is 0 Å². The van der Waals surface area contributed by atoms with Gasteiger partial charge in [0.15, 0.2) is 0 Å². The molecular formula is C8H11N3O2. The number of aromatic nitrogens is 2. The highest BCUT2D eigenvalue weighted by Crippen LogP contribution is 2.16. The van der Waals surface area contributed by atoms with Gasteiger partial charge in [0.05, 0.1) is 19.9 Å². The molecule has 0 spiro atoms. The summed E-state index contributed by atoms with van der Waals surface area (Å²) in [5.41, 5.74) is 2.21. The molecule has 0 aromatic carbocycles. The van der Waals surface area contributed by atoms with E-state index in [9.17, 15) is 4.79 Å². The SMILES string of the molecule is COC(=O)N1CCc2[nH]ncc2C1. The topological polar surface area (TPSA) is 58.2 Å². The second-order valence-corrected chi connectivity index (χ2v) is 3.02. The van der Waals surface area contributed by atoms with E-state index in [1.54, 1.807) is 11.1 Å². The van der Waals surface area contributed by atoms with E-state index in [1.165, 1.54) is 7.11 Å². The second kappa shape index (κ2) is 3.08. The number of nitrogens with zero attached hydrogens (tertiary/aromatic N) is 2. The van der Waals surface area contributed by atoms with Gasteiger partial charge >= 0.3 is 6.09 Å². The Morgan fingerprint density at radius 3 is 3.38 bits per heavy atom. The average molecular weight is 181 g/mol. The lowest BCUT2D eigenvalue weighted by molar-refractivity contribution is 0.118. The Hall–Kier alpha value is -1.52. The molecule has 0 aliphatic carbocycles. The number of H-pyrrole nitrogens is 1. The van der Waals surface area contributed by atoms with Crippen LogP contribution < -0.4 is 0 Å². The summed E-state index contributed by atoms with van der Waals surface area (Å²) < 4.78 is 4.64. The zero-order valence-corrected chi connectivity index (χ0v) is 7.41. The van der Waals surface area contributed by atoms with Crippen LogP contribution in [0.3, 0.4) is 0 Å². The summed E-state index contributed by atoms with van der Waals surface area (Å²) in [5.74, 6) is 0. The standard InChI is InChI=1S/C8H11N3O2/c1-13-8(12)11-3-2-7-6(5-11)4-9-10-7/h4H,2-3,5H2,1H3,(H,9,10). The van der Waals surface area contributed by atoms with Crippen LogP contribution in [0.15, 0.2) is 6.20 Å². The van der Waals surface area contributed by atoms with Gasteiger partial charge in [0.1, 0.15) is 0 Å². The molecule has 1 aliphatic rings. The second-order valence-electron chi connectivity index (χ2n) is 3.02. The minimum atomic E-state index is -0.271. The Balaban J connectivity index is 2.13. The van der Waals surface area contributed by atoms with Gasteiger partial charge in [-0.15, -0.1) is 0 Å². The molecule has 0 atom stereocenters. The third-order valence-corrected chi connectivity index (χ3v) is 2.23. The molecule has 0 fully saturated rings. The molecule has 1 N–H and O–H groups in total. The summed E-state index contributed by atoms with van der Waals surface area (Å²) >= 11 is 0. The molecule has 5 heteroatoms. The van der Waals surface area contributed by atoms with E-state index in [4.69, 9.17) is 0 Å². The van der Waals surface area contributed by atoms with Crippen LogP contribution in [-0.4, -0.2) is 34.8 Å². The molecule has 0 unspecified atom stereocenters. The quantitative estimate of drug-likeness (QED) is 0.635. The van der Waals surface area contributed by atoms with Crippen molar-refractivity contribution in [3.8, 4) is 0 Å². The third-order valence-electron chi connectivity index (χ3n) is 2.23. The molecule has 0 saturated carbocycles. The first-order chi connectivity index (χ1) is 6.31. The van der Waals surface area contributed by atoms with Crippen molar-refractivity contribution >= 4 is 6.09 Å². The fraction of sp³-hybridized carbons (Fsp3) is 0.500. The first kappa shape index (κ1) is 8.10. The molecule has 1 aromatic heterocycles. The zero-order valence-electron chi connectivity index (χ0n) is 7.41. The highest BCUT2D eigenvalue weighted by molar-refractivity contribution is 5.67. The molecular weight excluding hydrogens is 170 g/mol. The number of fused-ring (bicyclic) bond motifs is 1. The zero-order chi connectivity index (χ0) is 9.26. The lowest BCUT2D eigenvalue weighted by Crippen LogP contribution is -2.35. The van der Waals surface area contributed by atoms with Crippen molar-refractivity contribution in [1.29, 1.82) is 0 Å². The molecule has 70 valence electrons. The van der Waals surface area contributed by atoms with Crippen molar-refractivity contribution in [2.45, 2.75) is 13.0 Å². The van der Waals surface area contributed by atoms with E-state index < -0.39 is 0 Å². The van der Waals surface area contributed by atoms with Crippen molar-refractivity contribution < 1.29 is 9.53 Å². The molecule has 0 saturated heterocycles. The summed E-state index contributed by atoms with van der Waals surface area (Å²) in [7, 11) is 1.40. The van der Waals surface area contributed by atoms with Crippen molar-refractivity contribution in [3.05, 3.63) is 17.5 Å². The Morgan fingerprint density at radius 2 is 2.62 bits per heavy atom. The van der Waals surface area contributed by atoms with E-state index in [1.807, 2.05) is 0 Å². The van der Waals surface area contributed by atoms with Crippen molar-refractivity contribution in [1.82, 2.24) is 15.1 Å². The van der Waals surface area contributed by atoms with Crippen LogP contribution in [0.4, 0.5) is 4.79 Å². The first-order valence-electron chi connectivity index (χ1n) is 4.15. The summed E-state index contributed by atoms with van der Waals surface area (Å²) in [6.45, 7) is 1.29. The van der Waals surface area contributed by atoms with Gasteiger partial charge in [0, 0.05) is 24.2 Å². The lowest BCUT2D eigenvalue weighted by atomic mass is 10.1. The van der Waals surface area contributed by atoms with Crippen LogP contribution in [0.25, 0.3) is 0 Å². The van der Waals surface area contributed by atoms with Crippen molar-refractivity contribution in [2.75, 3.05) is 13.7 Å². The van der Waals surface area contributed by atoms with Gasteiger partial charge in [-0.05, 0) is 0 Å². The molecule has 2 rings (SSSR count). The molecule has 1 aliphatic heterocycles. The van der Waals surface area contributed by atoms with Gasteiger partial charge in [0.2, 0.25) is 0 Å².